The molecular weight excluding hydrogens is 1410 g/mol. The van der Waals surface area contributed by atoms with Crippen molar-refractivity contribution in [3.05, 3.63) is 377 Å². The minimum Gasteiger partial charge on any atom is -0.493 e. The Hall–Kier alpha value is -11.3. The number of carbonyl (C=O) groups is 2. The molecule has 0 saturated carbocycles. The van der Waals surface area contributed by atoms with Crippen molar-refractivity contribution in [2.75, 3.05) is 41.2 Å². The Kier molecular flexibility index (Phi) is 27.6. The van der Waals surface area contributed by atoms with E-state index in [1.54, 1.807) is 12.1 Å². The van der Waals surface area contributed by atoms with Gasteiger partial charge in [-0.25, -0.2) is 9.59 Å². The lowest BCUT2D eigenvalue weighted by molar-refractivity contribution is -0.312. The van der Waals surface area contributed by atoms with Gasteiger partial charge in [-0.1, -0.05) is 286 Å². The van der Waals surface area contributed by atoms with E-state index in [4.69, 9.17) is 75.8 Å². The van der Waals surface area contributed by atoms with Gasteiger partial charge in [0.2, 0.25) is 18.3 Å². The van der Waals surface area contributed by atoms with Crippen LogP contribution >= 0.6 is 0 Å². The largest absolute Gasteiger partial charge is 0.493 e. The van der Waals surface area contributed by atoms with E-state index < -0.39 is 85.6 Å². The molecule has 2 saturated heterocycles. The predicted molar refractivity (Wildman–Crippen MR) is 417 cm³/mol. The Balaban J connectivity index is 0.863. The average Bonchev–Trinajstić information content (AvgIpc) is 0.753. The summed E-state index contributed by atoms with van der Waals surface area (Å²) < 4.78 is 109. The number of benzene rings is 11. The summed E-state index contributed by atoms with van der Waals surface area (Å²) in [6.07, 6.45) is -9.11. The molecule has 0 amide bonds. The summed E-state index contributed by atoms with van der Waals surface area (Å²) in [4.78, 5) is 28.4. The fraction of sp³-hybridized carbons (Fsp3) is 0.247. The molecule has 18 heteroatoms. The number of ether oxygens (including phenoxy) is 16. The van der Waals surface area contributed by atoms with Gasteiger partial charge in [0.25, 0.3) is 0 Å². The second kappa shape index (κ2) is 39.4. The van der Waals surface area contributed by atoms with Gasteiger partial charge >= 0.3 is 11.9 Å². The third-order valence-electron chi connectivity index (χ3n) is 19.2. The third-order valence-corrected chi connectivity index (χ3v) is 19.2. The molecular formula is C93H90O18. The van der Waals surface area contributed by atoms with Crippen LogP contribution in [0.25, 0.3) is 0 Å². The minimum atomic E-state index is -1.33. The maximum absolute atomic E-state index is 15.2. The Morgan fingerprint density at radius 3 is 1.02 bits per heavy atom. The van der Waals surface area contributed by atoms with Gasteiger partial charge in [-0.05, 0) is 80.4 Å². The van der Waals surface area contributed by atoms with E-state index in [1.807, 2.05) is 237 Å². The first kappa shape index (κ1) is 77.9. The maximum atomic E-state index is 15.2. The van der Waals surface area contributed by atoms with Gasteiger partial charge in [-0.15, -0.1) is 0 Å². The number of rotatable bonds is 37. The van der Waals surface area contributed by atoms with Crippen LogP contribution < -0.4 is 23.7 Å². The van der Waals surface area contributed by atoms with E-state index in [1.165, 1.54) is 45.6 Å². The standard InChI is InChI=1S/C93H90O18/c1-5-53-99-89(94)71-51-52-76(77(54-71)96-2)108-91-87(104-61-69-41-23-10-24-42-69)85(102-59-67-37-19-8-20-38-67)83(100-57-65-33-15-6-16-34-65)80(109-91)63-106-90(95)72-55-78(97-3)82(79(56-72)98-4)111-92-88(105-62-70-43-25-11-26-44-70)86(103-60-68-39-21-9-22-40-68)84(101-58-66-35-17-7-18-36-66)81(110-92)64-107-93(73-45-27-12-28-46-73,74-47-29-13-30-48-74)75-49-31-14-32-50-75/h5-52,54-56,80-81,83-88,91-92H,1,53,57-64H2,2-4H3/t80-,81-,83-,84-,85+,86-,87-,88-,91-,92+/m1/s1. The lowest BCUT2D eigenvalue weighted by atomic mass is 9.80. The van der Waals surface area contributed by atoms with Gasteiger partial charge in [0, 0.05) is 0 Å². The number of carbonyl (C=O) groups excluding carboxylic acids is 2. The van der Waals surface area contributed by atoms with E-state index >= 15 is 4.79 Å². The van der Waals surface area contributed by atoms with Crippen LogP contribution in [-0.2, 0) is 97.3 Å². The lowest BCUT2D eigenvalue weighted by Gasteiger charge is -2.47. The average molecular weight is 1500 g/mol. The summed E-state index contributed by atoms with van der Waals surface area (Å²) in [6.45, 7) is 3.92. The summed E-state index contributed by atoms with van der Waals surface area (Å²) in [5.41, 5.74) is 6.94. The Labute approximate surface area is 647 Å². The molecule has 0 unspecified atom stereocenters. The molecule has 13 rings (SSSR count). The Morgan fingerprint density at radius 2 is 0.658 bits per heavy atom. The van der Waals surface area contributed by atoms with Crippen LogP contribution in [0.1, 0.15) is 70.8 Å². The quantitative estimate of drug-likeness (QED) is 0.0203. The van der Waals surface area contributed by atoms with Gasteiger partial charge < -0.3 is 75.8 Å². The molecule has 0 spiro atoms. The molecule has 570 valence electrons. The molecule has 0 aliphatic carbocycles. The van der Waals surface area contributed by atoms with Crippen molar-refractivity contribution in [2.45, 2.75) is 107 Å². The van der Waals surface area contributed by atoms with Crippen molar-refractivity contribution in [2.24, 2.45) is 0 Å². The van der Waals surface area contributed by atoms with Crippen LogP contribution in [-0.4, -0.2) is 115 Å². The van der Waals surface area contributed by atoms with Gasteiger partial charge in [0.15, 0.2) is 23.0 Å². The second-order valence-corrected chi connectivity index (χ2v) is 26.5. The molecule has 2 aliphatic heterocycles. The first-order valence-corrected chi connectivity index (χ1v) is 37.0. The van der Waals surface area contributed by atoms with Crippen LogP contribution in [0.3, 0.4) is 0 Å². The van der Waals surface area contributed by atoms with Gasteiger partial charge in [-0.3, -0.25) is 0 Å². The summed E-state index contributed by atoms with van der Waals surface area (Å²) in [5, 5.41) is 0. The number of esters is 2. The monoisotopic (exact) mass is 1490 g/mol. The van der Waals surface area contributed by atoms with Crippen molar-refractivity contribution in [3.8, 4) is 28.7 Å². The fourth-order valence-electron chi connectivity index (χ4n) is 13.6. The van der Waals surface area contributed by atoms with Crippen molar-refractivity contribution < 1.29 is 85.4 Å². The normalized spacial score (nSPS) is 19.6. The summed E-state index contributed by atoms with van der Waals surface area (Å²) in [7, 11) is 4.38. The van der Waals surface area contributed by atoms with Gasteiger partial charge in [-0.2, -0.15) is 0 Å². The number of hydrogen-bond donors (Lipinski definition) is 0. The predicted octanol–water partition coefficient (Wildman–Crippen LogP) is 16.6. The molecule has 11 aromatic rings. The van der Waals surface area contributed by atoms with Crippen molar-refractivity contribution in [3.63, 3.8) is 0 Å². The van der Waals surface area contributed by atoms with Crippen LogP contribution in [0.15, 0.2) is 316 Å². The van der Waals surface area contributed by atoms with Crippen LogP contribution in [0, 0.1) is 0 Å². The van der Waals surface area contributed by atoms with E-state index in [2.05, 4.69) is 43.0 Å². The molecule has 18 nitrogen and oxygen atoms in total. The zero-order valence-electron chi connectivity index (χ0n) is 62.1. The molecule has 2 heterocycles. The molecule has 10 atom stereocenters. The molecule has 2 aliphatic rings. The molecule has 0 N–H and O–H groups in total. The fourth-order valence-corrected chi connectivity index (χ4v) is 13.6. The van der Waals surface area contributed by atoms with E-state index in [0.29, 0.717) is 0 Å². The third kappa shape index (κ3) is 20.0. The zero-order valence-corrected chi connectivity index (χ0v) is 62.1. The molecule has 11 aromatic carbocycles. The maximum Gasteiger partial charge on any atom is 0.338 e. The topological polar surface area (TPSA) is 182 Å². The second-order valence-electron chi connectivity index (χ2n) is 26.5. The molecule has 0 radical (unpaired) electrons. The highest BCUT2D eigenvalue weighted by Crippen LogP contribution is 2.45. The lowest BCUT2D eigenvalue weighted by Crippen LogP contribution is -2.63. The van der Waals surface area contributed by atoms with Crippen LogP contribution in [0.5, 0.6) is 28.7 Å². The number of methoxy groups -OCH3 is 3. The summed E-state index contributed by atoms with van der Waals surface area (Å²) >= 11 is 0. The molecule has 2 fully saturated rings. The van der Waals surface area contributed by atoms with Crippen LogP contribution in [0.4, 0.5) is 0 Å². The first-order chi connectivity index (χ1) is 54.7. The highest BCUT2D eigenvalue weighted by molar-refractivity contribution is 5.91. The first-order valence-electron chi connectivity index (χ1n) is 37.0. The summed E-state index contributed by atoms with van der Waals surface area (Å²) in [6, 6.07) is 96.6. The smallest absolute Gasteiger partial charge is 0.338 e. The Bertz CT molecular complexity index is 4530. The van der Waals surface area contributed by atoms with Gasteiger partial charge in [0.1, 0.15) is 67.6 Å². The van der Waals surface area contributed by atoms with E-state index in [9.17, 15) is 4.79 Å². The molecule has 0 bridgehead atoms. The Morgan fingerprint density at radius 1 is 0.342 bits per heavy atom. The highest BCUT2D eigenvalue weighted by Gasteiger charge is 2.53. The van der Waals surface area contributed by atoms with Gasteiger partial charge in [0.05, 0.1) is 78.7 Å². The van der Waals surface area contributed by atoms with Crippen LogP contribution in [0.2, 0.25) is 0 Å². The summed E-state index contributed by atoms with van der Waals surface area (Å²) in [5.74, 6) is -0.792. The molecule has 111 heavy (non-hydrogen) atoms. The van der Waals surface area contributed by atoms with E-state index in [0.717, 1.165) is 50.1 Å². The van der Waals surface area contributed by atoms with Crippen molar-refractivity contribution in [1.82, 2.24) is 0 Å². The van der Waals surface area contributed by atoms with Crippen molar-refractivity contribution >= 4 is 11.9 Å². The molecule has 0 aromatic heterocycles. The minimum absolute atomic E-state index is 0.00311. The number of hydrogen-bond acceptors (Lipinski definition) is 18. The zero-order chi connectivity index (χ0) is 76.4. The highest BCUT2D eigenvalue weighted by atomic mass is 16.7. The van der Waals surface area contributed by atoms with Crippen molar-refractivity contribution in [1.29, 1.82) is 0 Å². The SMILES string of the molecule is C=CCOC(=O)c1ccc(O[C@@H]2O[C@H](COC(=O)c3cc(OC)c(O[C@@H]4O[C@H](COC(c5ccccc5)(c5ccccc5)c5ccccc5)[C@@H](OCc5ccccc5)[C@@H](OCc5ccccc5)[C@H]4OCc4ccccc4)c(OC)c3)[C@@H](OCc3ccccc3)[C@H](OCc3ccccc3)[C@H]2OCc2ccccc2)c(OC)c1. The van der Waals surface area contributed by atoms with E-state index in [-0.39, 0.29) is 92.7 Å².